The molecule has 5 heteroatoms. The number of nitrogens with two attached hydrogens (primary N) is 1. The highest BCUT2D eigenvalue weighted by Crippen LogP contribution is 2.21. The molecule has 102 valence electrons. The van der Waals surface area contributed by atoms with Crippen LogP contribution in [0.3, 0.4) is 0 Å². The molecule has 1 atom stereocenters. The highest BCUT2D eigenvalue weighted by Gasteiger charge is 2.30. The molecular weight excluding hydrogens is 244 g/mol. The maximum Gasteiger partial charge on any atom is 0.305 e. The zero-order chi connectivity index (χ0) is 13.8. The van der Waals surface area contributed by atoms with Gasteiger partial charge in [0.15, 0.2) is 0 Å². The number of anilines is 1. The lowest BCUT2D eigenvalue weighted by Crippen LogP contribution is -2.37. The van der Waals surface area contributed by atoms with Gasteiger partial charge in [-0.3, -0.25) is 9.59 Å². The molecule has 1 aliphatic heterocycles. The number of nitrogens with zero attached hydrogens (tertiary/aromatic N) is 1. The normalized spacial score (nSPS) is 18.5. The molecule has 1 aliphatic rings. The molecule has 0 bridgehead atoms. The maximum atomic E-state index is 12.2. The molecule has 0 radical (unpaired) electrons. The largest absolute Gasteiger partial charge is 0.481 e. The van der Waals surface area contributed by atoms with E-state index in [4.69, 9.17) is 10.8 Å². The molecule has 1 aromatic carbocycles. The summed E-state index contributed by atoms with van der Waals surface area (Å²) < 4.78 is 0. The summed E-state index contributed by atoms with van der Waals surface area (Å²) >= 11 is 0. The van der Waals surface area contributed by atoms with E-state index in [9.17, 15) is 9.59 Å². The summed E-state index contributed by atoms with van der Waals surface area (Å²) in [4.78, 5) is 24.7. The molecule has 0 aliphatic carbocycles. The lowest BCUT2D eigenvalue weighted by molar-refractivity contribution is -0.139. The molecule has 1 saturated heterocycles. The fourth-order valence-corrected chi connectivity index (χ4v) is 2.56. The van der Waals surface area contributed by atoms with E-state index in [1.54, 1.807) is 17.0 Å². The van der Waals surface area contributed by atoms with E-state index < -0.39 is 5.97 Å². The molecule has 0 aromatic heterocycles. The van der Waals surface area contributed by atoms with E-state index in [1.807, 2.05) is 12.1 Å². The number of benzene rings is 1. The minimum Gasteiger partial charge on any atom is -0.481 e. The number of carbonyl (C=O) groups is 2. The minimum absolute atomic E-state index is 0.0191. The van der Waals surface area contributed by atoms with Gasteiger partial charge < -0.3 is 15.7 Å². The van der Waals surface area contributed by atoms with Crippen LogP contribution in [-0.2, 0) is 16.0 Å². The third-order valence-electron chi connectivity index (χ3n) is 3.41. The molecule has 1 amide bonds. The van der Waals surface area contributed by atoms with Crippen LogP contribution in [0.1, 0.15) is 24.8 Å². The second-order valence-electron chi connectivity index (χ2n) is 4.90. The molecule has 1 unspecified atom stereocenters. The number of carboxylic acids is 1. The van der Waals surface area contributed by atoms with Crippen LogP contribution < -0.4 is 5.73 Å². The van der Waals surface area contributed by atoms with Crippen molar-refractivity contribution in [1.29, 1.82) is 0 Å². The second kappa shape index (κ2) is 5.73. The number of amides is 1. The summed E-state index contributed by atoms with van der Waals surface area (Å²) in [6.07, 6.45) is 1.96. The highest BCUT2D eigenvalue weighted by molar-refractivity contribution is 5.80. The predicted octanol–water partition coefficient (Wildman–Crippen LogP) is 1.28. The molecule has 1 fully saturated rings. The van der Waals surface area contributed by atoms with Gasteiger partial charge >= 0.3 is 5.97 Å². The summed E-state index contributed by atoms with van der Waals surface area (Å²) in [7, 11) is 0. The van der Waals surface area contributed by atoms with Gasteiger partial charge in [0.1, 0.15) is 0 Å². The monoisotopic (exact) mass is 262 g/mol. The quantitative estimate of drug-likeness (QED) is 0.800. The lowest BCUT2D eigenvalue weighted by Gasteiger charge is -2.23. The Morgan fingerprint density at radius 1 is 1.42 bits per heavy atom. The van der Waals surface area contributed by atoms with Crippen LogP contribution in [0.2, 0.25) is 0 Å². The number of rotatable bonds is 4. The lowest BCUT2D eigenvalue weighted by atomic mass is 10.1. The van der Waals surface area contributed by atoms with Gasteiger partial charge in [-0.05, 0) is 30.5 Å². The zero-order valence-corrected chi connectivity index (χ0v) is 10.7. The number of hydrogen-bond acceptors (Lipinski definition) is 3. The number of likely N-dealkylation sites (tertiary alicyclic amines) is 1. The Morgan fingerprint density at radius 3 is 2.89 bits per heavy atom. The highest BCUT2D eigenvalue weighted by atomic mass is 16.4. The molecule has 19 heavy (non-hydrogen) atoms. The number of aliphatic carboxylic acids is 1. The van der Waals surface area contributed by atoms with E-state index in [2.05, 4.69) is 0 Å². The van der Waals surface area contributed by atoms with E-state index in [-0.39, 0.29) is 24.8 Å². The first-order chi connectivity index (χ1) is 9.06. The van der Waals surface area contributed by atoms with Crippen LogP contribution in [0.5, 0.6) is 0 Å². The van der Waals surface area contributed by atoms with E-state index >= 15 is 0 Å². The fourth-order valence-electron chi connectivity index (χ4n) is 2.56. The predicted molar refractivity (Wildman–Crippen MR) is 71.5 cm³/mol. The summed E-state index contributed by atoms with van der Waals surface area (Å²) in [6, 6.07) is 7.07. The molecule has 1 heterocycles. The first-order valence-corrected chi connectivity index (χ1v) is 6.42. The average molecular weight is 262 g/mol. The van der Waals surface area contributed by atoms with Crippen LogP contribution >= 0.6 is 0 Å². The van der Waals surface area contributed by atoms with Crippen molar-refractivity contribution >= 4 is 17.6 Å². The summed E-state index contributed by atoms with van der Waals surface area (Å²) in [5, 5.41) is 8.85. The van der Waals surface area contributed by atoms with Crippen LogP contribution in [0, 0.1) is 0 Å². The Labute approximate surface area is 112 Å². The van der Waals surface area contributed by atoms with Gasteiger partial charge in [-0.2, -0.15) is 0 Å². The fraction of sp³-hybridized carbons (Fsp3) is 0.429. The number of hydrogen-bond donors (Lipinski definition) is 2. The van der Waals surface area contributed by atoms with Crippen molar-refractivity contribution in [3.05, 3.63) is 29.8 Å². The van der Waals surface area contributed by atoms with Gasteiger partial charge in [-0.15, -0.1) is 0 Å². The molecule has 5 nitrogen and oxygen atoms in total. The van der Waals surface area contributed by atoms with Crippen molar-refractivity contribution in [2.24, 2.45) is 0 Å². The van der Waals surface area contributed by atoms with Gasteiger partial charge in [-0.1, -0.05) is 12.1 Å². The molecule has 2 rings (SSSR count). The Hall–Kier alpha value is -2.04. The van der Waals surface area contributed by atoms with Crippen molar-refractivity contribution in [1.82, 2.24) is 4.90 Å². The van der Waals surface area contributed by atoms with Crippen molar-refractivity contribution in [3.8, 4) is 0 Å². The van der Waals surface area contributed by atoms with Crippen LogP contribution in [0.25, 0.3) is 0 Å². The van der Waals surface area contributed by atoms with Crippen LogP contribution in [-0.4, -0.2) is 34.5 Å². The van der Waals surface area contributed by atoms with Crippen LogP contribution in [0.4, 0.5) is 5.69 Å². The molecule has 3 N–H and O–H groups in total. The summed E-state index contributed by atoms with van der Waals surface area (Å²) in [5.41, 5.74) is 7.18. The smallest absolute Gasteiger partial charge is 0.305 e. The standard InChI is InChI=1S/C14H18N2O3/c15-11-4-1-3-10(7-11)8-13(17)16-6-2-5-12(16)9-14(18)19/h1,3-4,7,12H,2,5-6,8-9,15H2,(H,18,19). The zero-order valence-electron chi connectivity index (χ0n) is 10.7. The van der Waals surface area contributed by atoms with Gasteiger partial charge in [0.2, 0.25) is 5.91 Å². The van der Waals surface area contributed by atoms with Crippen LogP contribution in [0.15, 0.2) is 24.3 Å². The SMILES string of the molecule is Nc1cccc(CC(=O)N2CCCC2CC(=O)O)c1. The first-order valence-electron chi connectivity index (χ1n) is 6.42. The van der Waals surface area contributed by atoms with Gasteiger partial charge in [0.25, 0.3) is 0 Å². The van der Waals surface area contributed by atoms with Gasteiger partial charge in [-0.25, -0.2) is 0 Å². The van der Waals surface area contributed by atoms with Gasteiger partial charge in [0.05, 0.1) is 12.8 Å². The minimum atomic E-state index is -0.853. The van der Waals surface area contributed by atoms with E-state index in [1.165, 1.54) is 0 Å². The maximum absolute atomic E-state index is 12.2. The Kier molecular flexibility index (Phi) is 4.04. The number of carboxylic acid groups (broad SMARTS) is 1. The Balaban J connectivity index is 2.01. The second-order valence-corrected chi connectivity index (χ2v) is 4.90. The molecule has 1 aromatic rings. The number of carbonyl (C=O) groups excluding carboxylic acids is 1. The Morgan fingerprint density at radius 2 is 2.21 bits per heavy atom. The van der Waals surface area contributed by atoms with Crippen molar-refractivity contribution in [3.63, 3.8) is 0 Å². The first kappa shape index (κ1) is 13.4. The average Bonchev–Trinajstić information content (AvgIpc) is 2.76. The third kappa shape index (κ3) is 3.47. The topological polar surface area (TPSA) is 83.6 Å². The number of nitrogen functional groups attached to an aromatic ring is 1. The molecule has 0 saturated carbocycles. The van der Waals surface area contributed by atoms with Crippen molar-refractivity contribution < 1.29 is 14.7 Å². The van der Waals surface area contributed by atoms with E-state index in [0.717, 1.165) is 18.4 Å². The Bertz CT molecular complexity index is 487. The molecular formula is C14H18N2O3. The van der Waals surface area contributed by atoms with Crippen molar-refractivity contribution in [2.45, 2.75) is 31.7 Å². The third-order valence-corrected chi connectivity index (χ3v) is 3.41. The summed E-state index contributed by atoms with van der Waals surface area (Å²) in [5.74, 6) is -0.872. The van der Waals surface area contributed by atoms with E-state index in [0.29, 0.717) is 12.2 Å². The van der Waals surface area contributed by atoms with Gasteiger partial charge in [0, 0.05) is 18.3 Å². The van der Waals surface area contributed by atoms with Crippen molar-refractivity contribution in [2.75, 3.05) is 12.3 Å². The summed E-state index contributed by atoms with van der Waals surface area (Å²) in [6.45, 7) is 0.652. The molecule has 0 spiro atoms.